The summed E-state index contributed by atoms with van der Waals surface area (Å²) in [5, 5.41) is 0. The molecule has 1 aliphatic heterocycles. The minimum absolute atomic E-state index is 0.420. The van der Waals surface area contributed by atoms with Gasteiger partial charge in [0, 0.05) is 25.2 Å². The molecule has 0 aromatic carbocycles. The zero-order chi connectivity index (χ0) is 11.5. The quantitative estimate of drug-likeness (QED) is 0.781. The Bertz CT molecular complexity index is 209. The van der Waals surface area contributed by atoms with E-state index in [2.05, 4.69) is 18.7 Å². The van der Waals surface area contributed by atoms with Gasteiger partial charge in [0.2, 0.25) is 0 Å². The van der Waals surface area contributed by atoms with Crippen LogP contribution in [0.1, 0.15) is 52.4 Å². The highest BCUT2D eigenvalue weighted by Gasteiger charge is 2.31. The number of rotatable bonds is 2. The van der Waals surface area contributed by atoms with Crippen molar-refractivity contribution in [2.45, 2.75) is 64.5 Å². The standard InChI is InChI=1S/C14H28N2/c1-11(2)12-8-13(15)10-16(9-12)14-6-4-3-5-7-14/h11-14H,3-10,15H2,1-2H3. The van der Waals surface area contributed by atoms with Gasteiger partial charge in [0.15, 0.2) is 0 Å². The molecule has 2 heteroatoms. The Morgan fingerprint density at radius 2 is 1.75 bits per heavy atom. The van der Waals surface area contributed by atoms with E-state index < -0.39 is 0 Å². The fourth-order valence-corrected chi connectivity index (χ4v) is 3.44. The van der Waals surface area contributed by atoms with E-state index in [0.717, 1.165) is 24.4 Å². The molecule has 1 aliphatic carbocycles. The molecular formula is C14H28N2. The molecule has 2 aliphatic rings. The van der Waals surface area contributed by atoms with Crippen molar-refractivity contribution >= 4 is 0 Å². The number of likely N-dealkylation sites (tertiary alicyclic amines) is 1. The first-order valence-corrected chi connectivity index (χ1v) is 7.16. The van der Waals surface area contributed by atoms with Gasteiger partial charge in [-0.25, -0.2) is 0 Å². The number of nitrogens with two attached hydrogens (primary N) is 1. The summed E-state index contributed by atoms with van der Waals surface area (Å²) in [6.07, 6.45) is 8.38. The lowest BCUT2D eigenvalue weighted by Gasteiger charge is -2.43. The molecule has 1 heterocycles. The topological polar surface area (TPSA) is 29.3 Å². The average Bonchev–Trinajstić information content (AvgIpc) is 2.29. The number of hydrogen-bond donors (Lipinski definition) is 1. The van der Waals surface area contributed by atoms with Crippen LogP contribution in [0.25, 0.3) is 0 Å². The predicted molar refractivity (Wildman–Crippen MR) is 69.4 cm³/mol. The summed E-state index contributed by atoms with van der Waals surface area (Å²) >= 11 is 0. The van der Waals surface area contributed by atoms with Crippen LogP contribution in [0, 0.1) is 11.8 Å². The second-order valence-corrected chi connectivity index (χ2v) is 6.25. The lowest BCUT2D eigenvalue weighted by atomic mass is 9.83. The largest absolute Gasteiger partial charge is 0.327 e. The molecule has 2 nitrogen and oxygen atoms in total. The van der Waals surface area contributed by atoms with Crippen LogP contribution in [0.2, 0.25) is 0 Å². The van der Waals surface area contributed by atoms with Gasteiger partial charge in [0.25, 0.3) is 0 Å². The molecule has 2 unspecified atom stereocenters. The molecule has 2 N–H and O–H groups in total. The SMILES string of the molecule is CC(C)C1CC(N)CN(C2CCCCC2)C1. The van der Waals surface area contributed by atoms with Crippen LogP contribution >= 0.6 is 0 Å². The van der Waals surface area contributed by atoms with E-state index in [4.69, 9.17) is 5.73 Å². The van der Waals surface area contributed by atoms with Gasteiger partial charge in [-0.3, -0.25) is 4.90 Å². The molecule has 0 spiro atoms. The maximum atomic E-state index is 6.22. The van der Waals surface area contributed by atoms with E-state index in [1.807, 2.05) is 0 Å². The summed E-state index contributed by atoms with van der Waals surface area (Å²) in [5.74, 6) is 1.61. The van der Waals surface area contributed by atoms with Crippen molar-refractivity contribution in [1.82, 2.24) is 4.90 Å². The van der Waals surface area contributed by atoms with E-state index in [1.165, 1.54) is 45.1 Å². The van der Waals surface area contributed by atoms with E-state index >= 15 is 0 Å². The van der Waals surface area contributed by atoms with Crippen molar-refractivity contribution in [2.24, 2.45) is 17.6 Å². The third kappa shape index (κ3) is 2.98. The number of nitrogens with zero attached hydrogens (tertiary/aromatic N) is 1. The first-order valence-electron chi connectivity index (χ1n) is 7.16. The second-order valence-electron chi connectivity index (χ2n) is 6.25. The van der Waals surface area contributed by atoms with Crippen LogP contribution in [-0.2, 0) is 0 Å². The molecule has 1 saturated heterocycles. The molecule has 2 atom stereocenters. The zero-order valence-corrected chi connectivity index (χ0v) is 11.0. The van der Waals surface area contributed by atoms with Gasteiger partial charge >= 0.3 is 0 Å². The Balaban J connectivity index is 1.92. The van der Waals surface area contributed by atoms with Gasteiger partial charge in [-0.15, -0.1) is 0 Å². The van der Waals surface area contributed by atoms with Crippen molar-refractivity contribution in [3.05, 3.63) is 0 Å². The summed E-state index contributed by atoms with van der Waals surface area (Å²) in [7, 11) is 0. The lowest BCUT2D eigenvalue weighted by molar-refractivity contribution is 0.0711. The van der Waals surface area contributed by atoms with E-state index in [-0.39, 0.29) is 0 Å². The Hall–Kier alpha value is -0.0800. The first-order chi connectivity index (χ1) is 7.66. The molecule has 0 aromatic rings. The minimum atomic E-state index is 0.420. The Morgan fingerprint density at radius 3 is 2.38 bits per heavy atom. The van der Waals surface area contributed by atoms with Gasteiger partial charge in [0.05, 0.1) is 0 Å². The number of hydrogen-bond acceptors (Lipinski definition) is 2. The Morgan fingerprint density at radius 1 is 1.06 bits per heavy atom. The van der Waals surface area contributed by atoms with Crippen LogP contribution < -0.4 is 5.73 Å². The van der Waals surface area contributed by atoms with Crippen molar-refractivity contribution < 1.29 is 0 Å². The van der Waals surface area contributed by atoms with Gasteiger partial charge in [-0.1, -0.05) is 33.1 Å². The summed E-state index contributed by atoms with van der Waals surface area (Å²) in [5.41, 5.74) is 6.22. The maximum Gasteiger partial charge on any atom is 0.0171 e. The van der Waals surface area contributed by atoms with Crippen LogP contribution in [-0.4, -0.2) is 30.1 Å². The van der Waals surface area contributed by atoms with Crippen LogP contribution in [0.15, 0.2) is 0 Å². The summed E-state index contributed by atoms with van der Waals surface area (Å²) in [6.45, 7) is 7.15. The summed E-state index contributed by atoms with van der Waals surface area (Å²) in [6, 6.07) is 1.27. The minimum Gasteiger partial charge on any atom is -0.327 e. The second kappa shape index (κ2) is 5.50. The highest BCUT2D eigenvalue weighted by Crippen LogP contribution is 2.29. The Kier molecular flexibility index (Phi) is 4.26. The van der Waals surface area contributed by atoms with Gasteiger partial charge in [0.1, 0.15) is 0 Å². The molecule has 2 fully saturated rings. The molecule has 16 heavy (non-hydrogen) atoms. The van der Waals surface area contributed by atoms with Gasteiger partial charge in [-0.05, 0) is 31.1 Å². The van der Waals surface area contributed by atoms with Gasteiger partial charge < -0.3 is 5.73 Å². The highest BCUT2D eigenvalue weighted by atomic mass is 15.2. The van der Waals surface area contributed by atoms with Crippen molar-refractivity contribution in [3.63, 3.8) is 0 Å². The summed E-state index contributed by atoms with van der Waals surface area (Å²) in [4.78, 5) is 2.71. The van der Waals surface area contributed by atoms with Crippen LogP contribution in [0.3, 0.4) is 0 Å². The smallest absolute Gasteiger partial charge is 0.0171 e. The molecular weight excluding hydrogens is 196 g/mol. The molecule has 0 radical (unpaired) electrons. The third-order valence-electron chi connectivity index (χ3n) is 4.58. The molecule has 0 bridgehead atoms. The Labute approximate surface area is 101 Å². The monoisotopic (exact) mass is 224 g/mol. The fourth-order valence-electron chi connectivity index (χ4n) is 3.44. The van der Waals surface area contributed by atoms with Gasteiger partial charge in [-0.2, -0.15) is 0 Å². The van der Waals surface area contributed by atoms with E-state index in [0.29, 0.717) is 6.04 Å². The van der Waals surface area contributed by atoms with Crippen molar-refractivity contribution in [1.29, 1.82) is 0 Å². The third-order valence-corrected chi connectivity index (χ3v) is 4.58. The molecule has 2 rings (SSSR count). The van der Waals surface area contributed by atoms with Crippen molar-refractivity contribution in [2.75, 3.05) is 13.1 Å². The van der Waals surface area contributed by atoms with Crippen molar-refractivity contribution in [3.8, 4) is 0 Å². The zero-order valence-electron chi connectivity index (χ0n) is 11.0. The highest BCUT2D eigenvalue weighted by molar-refractivity contribution is 4.87. The maximum absolute atomic E-state index is 6.22. The predicted octanol–water partition coefficient (Wildman–Crippen LogP) is 2.62. The van der Waals surface area contributed by atoms with E-state index in [1.54, 1.807) is 0 Å². The van der Waals surface area contributed by atoms with Crippen LogP contribution in [0.4, 0.5) is 0 Å². The molecule has 1 saturated carbocycles. The normalized spacial score (nSPS) is 34.5. The van der Waals surface area contributed by atoms with E-state index in [9.17, 15) is 0 Å². The van der Waals surface area contributed by atoms with Crippen LogP contribution in [0.5, 0.6) is 0 Å². The number of piperidine rings is 1. The average molecular weight is 224 g/mol. The first kappa shape index (κ1) is 12.4. The fraction of sp³-hybridized carbons (Fsp3) is 1.00. The lowest BCUT2D eigenvalue weighted by Crippen LogP contribution is -2.52. The molecule has 0 aromatic heterocycles. The molecule has 0 amide bonds. The molecule has 94 valence electrons. The summed E-state index contributed by atoms with van der Waals surface area (Å²) < 4.78 is 0.